The SMILES string of the molecule is CCC(C)[C@H](NC(=O)OC)C(=O)N[C@@H](Cc1ccccc1)[C@@H](O)C[C@H](Cc1ccccc1)NC(=O)[C@H](C(C)CC)N1CCN(Cc2cccc(C)n2)C1=O. The number of hydrogen-bond donors (Lipinski definition) is 4. The minimum Gasteiger partial charge on any atom is -0.453 e. The van der Waals surface area contributed by atoms with Crippen LogP contribution in [0.5, 0.6) is 0 Å². The molecule has 5 amide bonds. The Kier molecular flexibility index (Phi) is 15.8. The normalized spacial score (nSPS) is 16.8. The highest BCUT2D eigenvalue weighted by Gasteiger charge is 2.41. The molecule has 1 aliphatic heterocycles. The fraction of sp³-hybridized carbons (Fsp3) is 0.500. The minimum absolute atomic E-state index is 0.114. The molecule has 0 spiro atoms. The average molecular weight is 743 g/mol. The second kappa shape index (κ2) is 20.5. The molecule has 7 atom stereocenters. The number of nitrogens with zero attached hydrogens (tertiary/aromatic N) is 3. The van der Waals surface area contributed by atoms with Gasteiger partial charge in [0.2, 0.25) is 11.8 Å². The van der Waals surface area contributed by atoms with E-state index >= 15 is 0 Å². The Morgan fingerprint density at radius 1 is 0.815 bits per heavy atom. The Hall–Kier alpha value is -4.97. The molecule has 2 aromatic carbocycles. The minimum atomic E-state index is -1.09. The van der Waals surface area contributed by atoms with Crippen LogP contribution in [0.25, 0.3) is 0 Å². The van der Waals surface area contributed by atoms with Gasteiger partial charge in [0.15, 0.2) is 0 Å². The average Bonchev–Trinajstić information content (AvgIpc) is 3.51. The quantitative estimate of drug-likeness (QED) is 0.135. The van der Waals surface area contributed by atoms with Crippen LogP contribution < -0.4 is 16.0 Å². The lowest BCUT2D eigenvalue weighted by molar-refractivity contribution is -0.128. The number of carbonyl (C=O) groups excluding carboxylic acids is 4. The maximum absolute atomic E-state index is 14.4. The molecule has 3 aromatic rings. The number of amides is 5. The van der Waals surface area contributed by atoms with Crippen LogP contribution in [0.1, 0.15) is 69.5 Å². The van der Waals surface area contributed by atoms with E-state index in [4.69, 9.17) is 4.74 Å². The maximum Gasteiger partial charge on any atom is 0.407 e. The summed E-state index contributed by atoms with van der Waals surface area (Å²) >= 11 is 0. The predicted octanol–water partition coefficient (Wildman–Crippen LogP) is 5.02. The molecule has 1 saturated heterocycles. The summed E-state index contributed by atoms with van der Waals surface area (Å²) in [5.74, 6) is -1.07. The molecule has 0 aliphatic carbocycles. The number of rotatable bonds is 19. The van der Waals surface area contributed by atoms with Crippen LogP contribution in [0.3, 0.4) is 0 Å². The van der Waals surface area contributed by atoms with Crippen LogP contribution in [0, 0.1) is 18.8 Å². The third-order valence-corrected chi connectivity index (χ3v) is 10.5. The smallest absolute Gasteiger partial charge is 0.407 e. The van der Waals surface area contributed by atoms with Gasteiger partial charge in [-0.2, -0.15) is 0 Å². The number of ether oxygens (including phenoxy) is 1. The van der Waals surface area contributed by atoms with Crippen molar-refractivity contribution in [2.75, 3.05) is 20.2 Å². The summed E-state index contributed by atoms with van der Waals surface area (Å²) in [5, 5.41) is 20.9. The van der Waals surface area contributed by atoms with Gasteiger partial charge in [0, 0.05) is 24.8 Å². The van der Waals surface area contributed by atoms with Crippen molar-refractivity contribution in [3.05, 3.63) is 101 Å². The van der Waals surface area contributed by atoms with Crippen molar-refractivity contribution in [2.24, 2.45) is 11.8 Å². The number of aliphatic hydroxyl groups excluding tert-OH is 1. The summed E-state index contributed by atoms with van der Waals surface area (Å²) < 4.78 is 4.79. The van der Waals surface area contributed by atoms with Gasteiger partial charge in [-0.25, -0.2) is 9.59 Å². The summed E-state index contributed by atoms with van der Waals surface area (Å²) in [6, 6.07) is 21.9. The van der Waals surface area contributed by atoms with Gasteiger partial charge in [-0.15, -0.1) is 0 Å². The molecule has 2 heterocycles. The number of aryl methyl sites for hydroxylation is 1. The summed E-state index contributed by atoms with van der Waals surface area (Å²) in [6.07, 6.45) is 0.334. The van der Waals surface area contributed by atoms with E-state index in [0.29, 0.717) is 45.3 Å². The Morgan fingerprint density at radius 3 is 2.04 bits per heavy atom. The van der Waals surface area contributed by atoms with Gasteiger partial charge >= 0.3 is 12.1 Å². The first kappa shape index (κ1) is 41.8. The Balaban J connectivity index is 1.58. The first-order chi connectivity index (χ1) is 25.9. The highest BCUT2D eigenvalue weighted by molar-refractivity contribution is 5.88. The molecule has 12 heteroatoms. The molecule has 1 aromatic heterocycles. The Morgan fingerprint density at radius 2 is 1.44 bits per heavy atom. The highest BCUT2D eigenvalue weighted by atomic mass is 16.5. The van der Waals surface area contributed by atoms with Crippen LogP contribution in [0.15, 0.2) is 78.9 Å². The number of hydrogen-bond acceptors (Lipinski definition) is 7. The van der Waals surface area contributed by atoms with Gasteiger partial charge in [0.25, 0.3) is 0 Å². The Labute approximate surface area is 320 Å². The van der Waals surface area contributed by atoms with Crippen LogP contribution in [-0.4, -0.2) is 94.3 Å². The van der Waals surface area contributed by atoms with E-state index < -0.39 is 42.3 Å². The first-order valence-corrected chi connectivity index (χ1v) is 19.1. The molecule has 292 valence electrons. The number of pyridine rings is 1. The van der Waals surface area contributed by atoms with Gasteiger partial charge in [0.05, 0.1) is 31.5 Å². The van der Waals surface area contributed by atoms with Crippen molar-refractivity contribution in [1.82, 2.24) is 30.7 Å². The molecule has 0 radical (unpaired) electrons. The van der Waals surface area contributed by atoms with E-state index in [9.17, 15) is 24.3 Å². The monoisotopic (exact) mass is 742 g/mol. The van der Waals surface area contributed by atoms with Crippen molar-refractivity contribution in [1.29, 1.82) is 0 Å². The highest BCUT2D eigenvalue weighted by Crippen LogP contribution is 2.23. The number of urea groups is 1. The topological polar surface area (TPSA) is 153 Å². The van der Waals surface area contributed by atoms with Gasteiger partial charge < -0.3 is 35.6 Å². The zero-order valence-electron chi connectivity index (χ0n) is 32.5. The van der Waals surface area contributed by atoms with Crippen LogP contribution in [0.4, 0.5) is 9.59 Å². The van der Waals surface area contributed by atoms with Crippen molar-refractivity contribution in [3.8, 4) is 0 Å². The van der Waals surface area contributed by atoms with E-state index in [-0.39, 0.29) is 30.2 Å². The Bertz CT molecular complexity index is 1660. The largest absolute Gasteiger partial charge is 0.453 e. The summed E-state index contributed by atoms with van der Waals surface area (Å²) in [5.41, 5.74) is 3.53. The van der Waals surface area contributed by atoms with Gasteiger partial charge in [-0.1, -0.05) is 107 Å². The zero-order valence-corrected chi connectivity index (χ0v) is 32.5. The van der Waals surface area contributed by atoms with Gasteiger partial charge in [-0.3, -0.25) is 14.6 Å². The van der Waals surface area contributed by atoms with E-state index in [0.717, 1.165) is 22.5 Å². The lowest BCUT2D eigenvalue weighted by atomic mass is 9.91. The molecule has 1 aliphatic rings. The predicted molar refractivity (Wildman–Crippen MR) is 208 cm³/mol. The number of methoxy groups -OCH3 is 1. The van der Waals surface area contributed by atoms with Crippen molar-refractivity contribution >= 4 is 23.9 Å². The van der Waals surface area contributed by atoms with Crippen LogP contribution in [0.2, 0.25) is 0 Å². The lowest BCUT2D eigenvalue weighted by Crippen LogP contribution is -2.57. The third-order valence-electron chi connectivity index (χ3n) is 10.5. The fourth-order valence-corrected chi connectivity index (χ4v) is 6.97. The van der Waals surface area contributed by atoms with Crippen molar-refractivity contribution in [2.45, 2.75) is 104 Å². The lowest BCUT2D eigenvalue weighted by Gasteiger charge is -2.34. The fourth-order valence-electron chi connectivity index (χ4n) is 6.97. The number of nitrogens with one attached hydrogen (secondary N) is 3. The van der Waals surface area contributed by atoms with Gasteiger partial charge in [0.1, 0.15) is 12.1 Å². The molecular formula is C42H58N6O6. The van der Waals surface area contributed by atoms with Crippen LogP contribution >= 0.6 is 0 Å². The molecule has 12 nitrogen and oxygen atoms in total. The van der Waals surface area contributed by atoms with Crippen molar-refractivity contribution < 1.29 is 29.0 Å². The third kappa shape index (κ3) is 11.8. The number of alkyl carbamates (subject to hydrolysis) is 1. The maximum atomic E-state index is 14.4. The number of aromatic nitrogens is 1. The molecule has 1 fully saturated rings. The standard InChI is InChI=1S/C42H58N6O6/c1-7-28(3)37(46-41(52)54-6)39(50)45-35(25-32-19-13-10-14-20-32)36(49)26-34(24-31-17-11-9-12-18-31)44-40(51)38(29(4)8-2)48-23-22-47(42(48)53)27-33-21-15-16-30(5)43-33/h9-21,28-29,34-38,49H,7-8,22-27H2,1-6H3,(H,44,51)(H,45,50)(H,46,52)/t28?,29?,34-,35-,36-,37-,38-/m0/s1. The molecule has 54 heavy (non-hydrogen) atoms. The first-order valence-electron chi connectivity index (χ1n) is 19.1. The summed E-state index contributed by atoms with van der Waals surface area (Å²) in [4.78, 5) is 62.2. The summed E-state index contributed by atoms with van der Waals surface area (Å²) in [6.45, 7) is 10.9. The molecule has 0 saturated carbocycles. The molecule has 0 bridgehead atoms. The van der Waals surface area contributed by atoms with Crippen molar-refractivity contribution in [3.63, 3.8) is 0 Å². The number of benzene rings is 2. The molecule has 4 N–H and O–H groups in total. The van der Waals surface area contributed by atoms with E-state index in [1.807, 2.05) is 113 Å². The summed E-state index contributed by atoms with van der Waals surface area (Å²) in [7, 11) is 1.24. The molecule has 4 rings (SSSR count). The van der Waals surface area contributed by atoms with E-state index in [2.05, 4.69) is 20.9 Å². The zero-order chi connectivity index (χ0) is 39.2. The number of aliphatic hydroxyl groups is 1. The van der Waals surface area contributed by atoms with Crippen LogP contribution in [-0.2, 0) is 33.7 Å². The molecule has 2 unspecified atom stereocenters. The van der Waals surface area contributed by atoms with Gasteiger partial charge in [-0.05, 0) is 61.3 Å². The van der Waals surface area contributed by atoms with E-state index in [1.54, 1.807) is 9.80 Å². The molecular weight excluding hydrogens is 684 g/mol. The second-order valence-electron chi connectivity index (χ2n) is 14.5. The van der Waals surface area contributed by atoms with E-state index in [1.165, 1.54) is 7.11 Å². The number of carbonyl (C=O) groups is 4. The second-order valence-corrected chi connectivity index (χ2v) is 14.5.